The standard InChI is InChI=1S/C21H25NO2/c1-17(16-22-14-8-9-15-22)24-21(23)20(18-10-4-2-5-11-18)19-12-6-3-7-13-19/h2-7,10-13,17,20H,8-9,14-16H2,1H3/p+1. The summed E-state index contributed by atoms with van der Waals surface area (Å²) in [5.41, 5.74) is 1.96. The highest BCUT2D eigenvalue weighted by Crippen LogP contribution is 2.26. The fourth-order valence-corrected chi connectivity index (χ4v) is 3.55. The van der Waals surface area contributed by atoms with Crippen LogP contribution in [0.25, 0.3) is 0 Å². The molecule has 1 heterocycles. The van der Waals surface area contributed by atoms with Crippen molar-refractivity contribution in [3.8, 4) is 0 Å². The molecule has 1 N–H and O–H groups in total. The number of ether oxygens (including phenoxy) is 1. The first-order valence-corrected chi connectivity index (χ1v) is 8.88. The Hall–Kier alpha value is -2.13. The van der Waals surface area contributed by atoms with E-state index in [2.05, 4.69) is 0 Å². The van der Waals surface area contributed by atoms with Crippen LogP contribution < -0.4 is 4.90 Å². The van der Waals surface area contributed by atoms with Gasteiger partial charge in [-0.2, -0.15) is 0 Å². The summed E-state index contributed by atoms with van der Waals surface area (Å²) in [5.74, 6) is -0.512. The number of carbonyl (C=O) groups is 1. The van der Waals surface area contributed by atoms with Crippen molar-refractivity contribution >= 4 is 5.97 Å². The molecule has 3 nitrogen and oxygen atoms in total. The smallest absolute Gasteiger partial charge is 0.318 e. The van der Waals surface area contributed by atoms with Gasteiger partial charge in [-0.1, -0.05) is 60.7 Å². The Bertz CT molecular complexity index is 596. The van der Waals surface area contributed by atoms with E-state index in [-0.39, 0.29) is 18.0 Å². The predicted molar refractivity (Wildman–Crippen MR) is 95.1 cm³/mol. The molecule has 24 heavy (non-hydrogen) atoms. The zero-order chi connectivity index (χ0) is 16.8. The summed E-state index contributed by atoms with van der Waals surface area (Å²) in [4.78, 5) is 14.4. The number of esters is 1. The molecule has 1 unspecified atom stereocenters. The average molecular weight is 324 g/mol. The second-order valence-corrected chi connectivity index (χ2v) is 6.66. The van der Waals surface area contributed by atoms with E-state index in [1.54, 1.807) is 4.90 Å². The van der Waals surface area contributed by atoms with Crippen molar-refractivity contribution in [2.24, 2.45) is 0 Å². The number of quaternary nitrogens is 1. The Morgan fingerprint density at radius 2 is 1.46 bits per heavy atom. The predicted octanol–water partition coefficient (Wildman–Crippen LogP) is 2.43. The van der Waals surface area contributed by atoms with Gasteiger partial charge in [0.15, 0.2) is 0 Å². The molecule has 0 spiro atoms. The Labute approximate surface area is 144 Å². The molecule has 1 fully saturated rings. The summed E-state index contributed by atoms with van der Waals surface area (Å²) in [6.45, 7) is 5.31. The maximum absolute atomic E-state index is 12.9. The first-order valence-electron chi connectivity index (χ1n) is 8.88. The first-order chi connectivity index (χ1) is 11.7. The van der Waals surface area contributed by atoms with Crippen molar-refractivity contribution in [3.63, 3.8) is 0 Å². The molecule has 3 rings (SSSR count). The molecule has 0 aromatic heterocycles. The second kappa shape index (κ2) is 8.11. The largest absolute Gasteiger partial charge is 0.456 e. The van der Waals surface area contributed by atoms with Gasteiger partial charge in [-0.25, -0.2) is 0 Å². The van der Waals surface area contributed by atoms with Crippen molar-refractivity contribution in [1.82, 2.24) is 0 Å². The van der Waals surface area contributed by atoms with Gasteiger partial charge in [0.2, 0.25) is 0 Å². The minimum atomic E-state index is -0.358. The van der Waals surface area contributed by atoms with Gasteiger partial charge in [-0.3, -0.25) is 4.79 Å². The van der Waals surface area contributed by atoms with Crippen molar-refractivity contribution in [3.05, 3.63) is 71.8 Å². The number of hydrogen-bond donors (Lipinski definition) is 1. The normalized spacial score (nSPS) is 16.2. The summed E-state index contributed by atoms with van der Waals surface area (Å²) >= 11 is 0. The summed E-state index contributed by atoms with van der Waals surface area (Å²) in [5, 5.41) is 0. The lowest BCUT2D eigenvalue weighted by Crippen LogP contribution is -3.11. The zero-order valence-electron chi connectivity index (χ0n) is 14.3. The monoisotopic (exact) mass is 324 g/mol. The van der Waals surface area contributed by atoms with Gasteiger partial charge in [-0.05, 0) is 18.1 Å². The summed E-state index contributed by atoms with van der Waals surface area (Å²) in [7, 11) is 0. The molecule has 0 saturated carbocycles. The van der Waals surface area contributed by atoms with E-state index in [1.165, 1.54) is 25.9 Å². The van der Waals surface area contributed by atoms with Crippen molar-refractivity contribution < 1.29 is 14.4 Å². The second-order valence-electron chi connectivity index (χ2n) is 6.66. The van der Waals surface area contributed by atoms with Crippen LogP contribution >= 0.6 is 0 Å². The summed E-state index contributed by atoms with van der Waals surface area (Å²) in [6, 6.07) is 19.8. The molecule has 3 heteroatoms. The number of hydrogen-bond acceptors (Lipinski definition) is 2. The van der Waals surface area contributed by atoms with Gasteiger partial charge in [0.05, 0.1) is 13.1 Å². The lowest BCUT2D eigenvalue weighted by molar-refractivity contribution is -0.890. The van der Waals surface area contributed by atoms with E-state index in [0.717, 1.165) is 17.7 Å². The van der Waals surface area contributed by atoms with E-state index >= 15 is 0 Å². The maximum atomic E-state index is 12.9. The Morgan fingerprint density at radius 3 is 1.96 bits per heavy atom. The number of carbonyl (C=O) groups excluding carboxylic acids is 1. The molecule has 0 radical (unpaired) electrons. The van der Waals surface area contributed by atoms with Crippen molar-refractivity contribution in [2.45, 2.75) is 31.8 Å². The number of rotatable bonds is 6. The Kier molecular flexibility index (Phi) is 5.65. The first kappa shape index (κ1) is 16.7. The third kappa shape index (κ3) is 4.24. The molecule has 0 bridgehead atoms. The van der Waals surface area contributed by atoms with Crippen LogP contribution in [0.5, 0.6) is 0 Å². The van der Waals surface area contributed by atoms with Gasteiger partial charge >= 0.3 is 5.97 Å². The molecular formula is C21H26NO2+. The maximum Gasteiger partial charge on any atom is 0.318 e. The Morgan fingerprint density at radius 1 is 0.958 bits per heavy atom. The molecule has 1 aliphatic heterocycles. The molecular weight excluding hydrogens is 298 g/mol. The lowest BCUT2D eigenvalue weighted by Gasteiger charge is -2.22. The number of nitrogens with one attached hydrogen (secondary N) is 1. The zero-order valence-corrected chi connectivity index (χ0v) is 14.3. The third-order valence-corrected chi connectivity index (χ3v) is 4.71. The third-order valence-electron chi connectivity index (χ3n) is 4.71. The van der Waals surface area contributed by atoms with Crippen molar-refractivity contribution in [1.29, 1.82) is 0 Å². The molecule has 1 aliphatic rings. The molecule has 0 amide bonds. The fraction of sp³-hybridized carbons (Fsp3) is 0.381. The van der Waals surface area contributed by atoms with Gasteiger partial charge in [0, 0.05) is 12.8 Å². The molecule has 1 saturated heterocycles. The highest BCUT2D eigenvalue weighted by Gasteiger charge is 2.27. The topological polar surface area (TPSA) is 30.7 Å². The van der Waals surface area contributed by atoms with Crippen LogP contribution in [0.15, 0.2) is 60.7 Å². The Balaban J connectivity index is 1.74. The lowest BCUT2D eigenvalue weighted by atomic mass is 9.91. The molecule has 2 aromatic carbocycles. The number of benzene rings is 2. The summed E-state index contributed by atoms with van der Waals surface area (Å²) in [6.07, 6.45) is 2.51. The van der Waals surface area contributed by atoms with Gasteiger partial charge in [-0.15, -0.1) is 0 Å². The molecule has 0 aliphatic carbocycles. The van der Waals surface area contributed by atoms with Gasteiger partial charge < -0.3 is 9.64 Å². The highest BCUT2D eigenvalue weighted by molar-refractivity contribution is 5.82. The van der Waals surface area contributed by atoms with E-state index < -0.39 is 0 Å². The van der Waals surface area contributed by atoms with Crippen LogP contribution in [-0.4, -0.2) is 31.7 Å². The van der Waals surface area contributed by atoms with Gasteiger partial charge in [0.25, 0.3) is 0 Å². The van der Waals surface area contributed by atoms with Crippen molar-refractivity contribution in [2.75, 3.05) is 19.6 Å². The van der Waals surface area contributed by atoms with E-state index in [4.69, 9.17) is 4.74 Å². The van der Waals surface area contributed by atoms with E-state index in [0.29, 0.717) is 0 Å². The quantitative estimate of drug-likeness (QED) is 0.828. The highest BCUT2D eigenvalue weighted by atomic mass is 16.5. The molecule has 126 valence electrons. The molecule has 1 atom stereocenters. The average Bonchev–Trinajstić information content (AvgIpc) is 3.10. The van der Waals surface area contributed by atoms with Gasteiger partial charge in [0.1, 0.15) is 18.6 Å². The minimum Gasteiger partial charge on any atom is -0.456 e. The SMILES string of the molecule is CC(C[NH+]1CCCC1)OC(=O)C(c1ccccc1)c1ccccc1. The van der Waals surface area contributed by atoms with Crippen LogP contribution in [0.4, 0.5) is 0 Å². The fourth-order valence-electron chi connectivity index (χ4n) is 3.55. The van der Waals surface area contributed by atoms with Crippen LogP contribution in [0.3, 0.4) is 0 Å². The summed E-state index contributed by atoms with van der Waals surface area (Å²) < 4.78 is 5.82. The van der Waals surface area contributed by atoms with Crippen LogP contribution in [0, 0.1) is 0 Å². The minimum absolute atomic E-state index is 0.0551. The van der Waals surface area contributed by atoms with Crippen LogP contribution in [0.2, 0.25) is 0 Å². The van der Waals surface area contributed by atoms with Crippen LogP contribution in [-0.2, 0) is 9.53 Å². The number of likely N-dealkylation sites (tertiary alicyclic amines) is 1. The van der Waals surface area contributed by atoms with Crippen LogP contribution in [0.1, 0.15) is 36.8 Å². The molecule has 2 aromatic rings. The van der Waals surface area contributed by atoms with E-state index in [9.17, 15) is 4.79 Å². The van der Waals surface area contributed by atoms with E-state index in [1.807, 2.05) is 67.6 Å².